The summed E-state index contributed by atoms with van der Waals surface area (Å²) in [6, 6.07) is 15.6. The molecule has 0 aliphatic heterocycles. The molecule has 0 radical (unpaired) electrons. The Morgan fingerprint density at radius 1 is 1.17 bits per heavy atom. The average molecular weight is 340 g/mol. The highest BCUT2D eigenvalue weighted by Gasteiger charge is 2.12. The zero-order valence-corrected chi connectivity index (χ0v) is 14.6. The van der Waals surface area contributed by atoms with Crippen molar-refractivity contribution in [2.75, 3.05) is 18.6 Å². The quantitative estimate of drug-likeness (QED) is 0.526. The van der Waals surface area contributed by atoms with E-state index in [0.717, 1.165) is 28.5 Å². The van der Waals surface area contributed by atoms with Crippen molar-refractivity contribution >= 4 is 17.4 Å². The van der Waals surface area contributed by atoms with Crippen LogP contribution in [0, 0.1) is 6.92 Å². The molecule has 3 rings (SSSR count). The molecule has 2 aromatic carbocycles. The van der Waals surface area contributed by atoms with E-state index >= 15 is 0 Å². The van der Waals surface area contributed by atoms with Gasteiger partial charge in [-0.15, -0.1) is 11.8 Å². The van der Waals surface area contributed by atoms with Crippen molar-refractivity contribution in [3.05, 3.63) is 60.0 Å². The maximum Gasteiger partial charge on any atom is 0.226 e. The Morgan fingerprint density at radius 2 is 1.96 bits per heavy atom. The number of ether oxygens (including phenoxy) is 1. The van der Waals surface area contributed by atoms with Crippen LogP contribution in [0.4, 0.5) is 5.69 Å². The first-order chi connectivity index (χ1) is 11.7. The number of thioether (sulfide) groups is 1. The summed E-state index contributed by atoms with van der Waals surface area (Å²) in [5.41, 5.74) is 8.32. The number of hydrogen-bond donors (Lipinski definition) is 1. The van der Waals surface area contributed by atoms with E-state index in [1.54, 1.807) is 11.8 Å². The van der Waals surface area contributed by atoms with Gasteiger partial charge in [0.05, 0.1) is 12.3 Å². The lowest BCUT2D eigenvalue weighted by atomic mass is 10.2. The summed E-state index contributed by atoms with van der Waals surface area (Å²) in [6.07, 6.45) is 2.75. The summed E-state index contributed by atoms with van der Waals surface area (Å²) >= 11 is 1.70. The van der Waals surface area contributed by atoms with Gasteiger partial charge in [-0.25, -0.2) is 4.98 Å². The molecule has 24 heavy (non-hydrogen) atoms. The molecule has 0 atom stereocenters. The van der Waals surface area contributed by atoms with E-state index in [4.69, 9.17) is 14.9 Å². The van der Waals surface area contributed by atoms with Crippen molar-refractivity contribution in [3.63, 3.8) is 0 Å². The van der Waals surface area contributed by atoms with Crippen molar-refractivity contribution in [2.24, 2.45) is 0 Å². The predicted molar refractivity (Wildman–Crippen MR) is 98.5 cm³/mol. The number of anilines is 1. The molecule has 4 nitrogen and oxygen atoms in total. The summed E-state index contributed by atoms with van der Waals surface area (Å²) in [5, 5.41) is 0. The number of hydrogen-bond acceptors (Lipinski definition) is 5. The van der Waals surface area contributed by atoms with Crippen LogP contribution in [-0.4, -0.2) is 17.8 Å². The van der Waals surface area contributed by atoms with Gasteiger partial charge in [-0.3, -0.25) is 0 Å². The molecule has 0 fully saturated rings. The number of nitrogen functional groups attached to an aromatic ring is 1. The van der Waals surface area contributed by atoms with E-state index in [2.05, 4.69) is 23.4 Å². The van der Waals surface area contributed by atoms with Crippen molar-refractivity contribution in [1.29, 1.82) is 0 Å². The van der Waals surface area contributed by atoms with Gasteiger partial charge in [0.15, 0.2) is 0 Å². The Morgan fingerprint density at radius 3 is 2.71 bits per heavy atom. The third-order valence-corrected chi connectivity index (χ3v) is 4.42. The van der Waals surface area contributed by atoms with Crippen LogP contribution in [0.5, 0.6) is 5.75 Å². The summed E-state index contributed by atoms with van der Waals surface area (Å²) in [7, 11) is 0. The van der Waals surface area contributed by atoms with Crippen molar-refractivity contribution in [1.82, 2.24) is 4.98 Å². The molecule has 0 spiro atoms. The predicted octanol–water partition coefficient (Wildman–Crippen LogP) is 4.58. The van der Waals surface area contributed by atoms with Gasteiger partial charge < -0.3 is 14.9 Å². The first-order valence-corrected chi connectivity index (χ1v) is 8.97. The molecule has 0 aliphatic carbocycles. The number of nitrogens with zero attached hydrogens (tertiary/aromatic N) is 1. The van der Waals surface area contributed by atoms with Crippen molar-refractivity contribution in [2.45, 2.75) is 18.2 Å². The summed E-state index contributed by atoms with van der Waals surface area (Å²) in [6.45, 7) is 2.48. The van der Waals surface area contributed by atoms with Gasteiger partial charge in [0.1, 0.15) is 11.5 Å². The molecule has 2 N–H and O–H groups in total. The molecule has 0 aliphatic rings. The molecule has 0 bridgehead atoms. The van der Waals surface area contributed by atoms with E-state index in [9.17, 15) is 0 Å². The molecule has 0 unspecified atom stereocenters. The Bertz CT molecular complexity index is 812. The standard InChI is InChI=1S/C19H20N2O2S/c1-13-18(10-11-22-16-8-6-15(20)7-9-16)21-19(23-13)14-4-3-5-17(12-14)24-2/h3-9,12H,10-11,20H2,1-2H3. The molecule has 124 valence electrons. The molecule has 0 saturated carbocycles. The SMILES string of the molecule is CSc1cccc(-c2nc(CCOc3ccc(N)cc3)c(C)o2)c1. The van der Waals surface area contributed by atoms with Crippen LogP contribution in [0.15, 0.2) is 57.8 Å². The fourth-order valence-corrected chi connectivity index (χ4v) is 2.83. The zero-order chi connectivity index (χ0) is 16.9. The molecule has 5 heteroatoms. The van der Waals surface area contributed by atoms with Gasteiger partial charge in [-0.2, -0.15) is 0 Å². The van der Waals surface area contributed by atoms with Crippen LogP contribution < -0.4 is 10.5 Å². The highest BCUT2D eigenvalue weighted by atomic mass is 32.2. The first-order valence-electron chi connectivity index (χ1n) is 7.75. The lowest BCUT2D eigenvalue weighted by Crippen LogP contribution is -2.02. The second-order valence-corrected chi connectivity index (χ2v) is 6.30. The van der Waals surface area contributed by atoms with E-state index in [1.165, 1.54) is 4.90 Å². The maximum atomic E-state index is 5.83. The Labute approximate surface area is 146 Å². The van der Waals surface area contributed by atoms with Crippen LogP contribution in [0.25, 0.3) is 11.5 Å². The van der Waals surface area contributed by atoms with E-state index in [-0.39, 0.29) is 0 Å². The minimum atomic E-state index is 0.543. The smallest absolute Gasteiger partial charge is 0.226 e. The highest BCUT2D eigenvalue weighted by Crippen LogP contribution is 2.26. The van der Waals surface area contributed by atoms with E-state index < -0.39 is 0 Å². The normalized spacial score (nSPS) is 10.8. The average Bonchev–Trinajstić information content (AvgIpc) is 2.98. The van der Waals surface area contributed by atoms with Gasteiger partial charge in [-0.05, 0) is 55.6 Å². The Kier molecular flexibility index (Phi) is 5.11. The molecule has 1 aromatic heterocycles. The fourth-order valence-electron chi connectivity index (χ4n) is 2.37. The minimum absolute atomic E-state index is 0.543. The number of benzene rings is 2. The van der Waals surface area contributed by atoms with E-state index in [1.807, 2.05) is 43.3 Å². The van der Waals surface area contributed by atoms with Crippen LogP contribution in [0.2, 0.25) is 0 Å². The summed E-state index contributed by atoms with van der Waals surface area (Å²) in [4.78, 5) is 5.82. The lowest BCUT2D eigenvalue weighted by Gasteiger charge is -2.05. The second kappa shape index (κ2) is 7.45. The topological polar surface area (TPSA) is 61.3 Å². The third kappa shape index (κ3) is 3.92. The Hall–Kier alpha value is -2.40. The largest absolute Gasteiger partial charge is 0.493 e. The molecular formula is C19H20N2O2S. The van der Waals surface area contributed by atoms with E-state index in [0.29, 0.717) is 18.9 Å². The fraction of sp³-hybridized carbons (Fsp3) is 0.211. The molecular weight excluding hydrogens is 320 g/mol. The van der Waals surface area contributed by atoms with Crippen molar-refractivity contribution in [3.8, 4) is 17.2 Å². The van der Waals surface area contributed by atoms with Gasteiger partial charge in [-0.1, -0.05) is 6.07 Å². The van der Waals surface area contributed by atoms with Crippen LogP contribution in [0.3, 0.4) is 0 Å². The van der Waals surface area contributed by atoms with Crippen LogP contribution >= 0.6 is 11.8 Å². The number of rotatable bonds is 6. The lowest BCUT2D eigenvalue weighted by molar-refractivity contribution is 0.320. The molecule has 0 amide bonds. The van der Waals surface area contributed by atoms with Gasteiger partial charge in [0, 0.05) is 22.6 Å². The monoisotopic (exact) mass is 340 g/mol. The van der Waals surface area contributed by atoms with Gasteiger partial charge >= 0.3 is 0 Å². The van der Waals surface area contributed by atoms with Crippen LogP contribution in [0.1, 0.15) is 11.5 Å². The van der Waals surface area contributed by atoms with Crippen LogP contribution in [-0.2, 0) is 6.42 Å². The minimum Gasteiger partial charge on any atom is -0.493 e. The maximum absolute atomic E-state index is 5.83. The summed E-state index contributed by atoms with van der Waals surface area (Å²) in [5.74, 6) is 2.30. The van der Waals surface area contributed by atoms with Gasteiger partial charge in [0.25, 0.3) is 0 Å². The van der Waals surface area contributed by atoms with Crippen molar-refractivity contribution < 1.29 is 9.15 Å². The summed E-state index contributed by atoms with van der Waals surface area (Å²) < 4.78 is 11.6. The number of aromatic nitrogens is 1. The third-order valence-electron chi connectivity index (χ3n) is 3.70. The second-order valence-electron chi connectivity index (χ2n) is 5.42. The molecule has 0 saturated heterocycles. The van der Waals surface area contributed by atoms with Gasteiger partial charge in [0.2, 0.25) is 5.89 Å². The number of aryl methyl sites for hydroxylation is 1. The molecule has 1 heterocycles. The number of nitrogens with two attached hydrogens (primary N) is 1. The molecule has 3 aromatic rings. The zero-order valence-electron chi connectivity index (χ0n) is 13.8. The first kappa shape index (κ1) is 16.5. The number of oxazole rings is 1. The Balaban J connectivity index is 1.66. The highest BCUT2D eigenvalue weighted by molar-refractivity contribution is 7.98.